The fourth-order valence-corrected chi connectivity index (χ4v) is 4.50. The van der Waals surface area contributed by atoms with Crippen molar-refractivity contribution in [3.8, 4) is 11.4 Å². The molecule has 1 heterocycles. The first-order valence-electron chi connectivity index (χ1n) is 11.2. The Labute approximate surface area is 188 Å². The molecule has 1 N–H and O–H groups in total. The predicted octanol–water partition coefficient (Wildman–Crippen LogP) is 6.57. The molecular weight excluding hydrogens is 420 g/mol. The fourth-order valence-electron chi connectivity index (χ4n) is 4.33. The Bertz CT molecular complexity index is 914. The number of hydrogen-bond acceptors (Lipinski definition) is 2. The van der Waals surface area contributed by atoms with E-state index in [-0.39, 0.29) is 12.2 Å². The zero-order chi connectivity index (χ0) is 22.6. The lowest BCUT2D eigenvalue weighted by molar-refractivity contribution is 0.0137. The van der Waals surface area contributed by atoms with Crippen LogP contribution < -0.4 is 5.32 Å². The molecule has 3 rings (SSSR count). The molecule has 1 aliphatic rings. The Balaban J connectivity index is 1.88. The molecule has 1 amide bonds. The summed E-state index contributed by atoms with van der Waals surface area (Å²) in [6, 6.07) is 5.65. The fraction of sp³-hybridized carbons (Fsp3) is 0.583. The molecule has 1 aromatic carbocycles. The summed E-state index contributed by atoms with van der Waals surface area (Å²) in [5.41, 5.74) is 2.95. The number of hydrogen-bond donors (Lipinski definition) is 1. The minimum atomic E-state index is -2.81. The van der Waals surface area contributed by atoms with Gasteiger partial charge < -0.3 is 9.88 Å². The van der Waals surface area contributed by atoms with Gasteiger partial charge in [0.05, 0.1) is 0 Å². The van der Waals surface area contributed by atoms with E-state index in [4.69, 9.17) is 11.6 Å². The minimum absolute atomic E-state index is 0.0950. The van der Waals surface area contributed by atoms with E-state index in [1.807, 2.05) is 32.0 Å². The molecule has 0 spiro atoms. The second kappa shape index (κ2) is 10.1. The Hall–Kier alpha value is -1.95. The molecule has 0 saturated heterocycles. The van der Waals surface area contributed by atoms with Crippen LogP contribution in [-0.4, -0.2) is 27.9 Å². The first-order valence-corrected chi connectivity index (χ1v) is 11.5. The molecule has 1 fully saturated rings. The Morgan fingerprint density at radius 1 is 1.26 bits per heavy atom. The van der Waals surface area contributed by atoms with Crippen molar-refractivity contribution in [2.75, 3.05) is 6.54 Å². The number of carbonyl (C=O) groups is 1. The van der Waals surface area contributed by atoms with E-state index < -0.39 is 18.3 Å². The van der Waals surface area contributed by atoms with Crippen molar-refractivity contribution in [3.05, 3.63) is 40.2 Å². The SMILES string of the molecule is Cc1ccc(Cl)cc1-c1nc(C(=O)NCCC(C)(F)F)c(C)n1CCC1CCCCC1. The molecule has 2 aromatic rings. The highest BCUT2D eigenvalue weighted by atomic mass is 35.5. The average Bonchev–Trinajstić information content (AvgIpc) is 3.04. The summed E-state index contributed by atoms with van der Waals surface area (Å²) in [5.74, 6) is -1.84. The van der Waals surface area contributed by atoms with Gasteiger partial charge in [0.1, 0.15) is 11.5 Å². The van der Waals surface area contributed by atoms with E-state index in [9.17, 15) is 13.6 Å². The largest absolute Gasteiger partial charge is 0.350 e. The summed E-state index contributed by atoms with van der Waals surface area (Å²) >= 11 is 6.25. The third-order valence-corrected chi connectivity index (χ3v) is 6.45. The molecule has 0 bridgehead atoms. The number of halogens is 3. The number of carbonyl (C=O) groups excluding carboxylic acids is 1. The summed E-state index contributed by atoms with van der Waals surface area (Å²) in [7, 11) is 0. The molecule has 1 aliphatic carbocycles. The van der Waals surface area contributed by atoms with Gasteiger partial charge in [0.15, 0.2) is 0 Å². The number of imidazole rings is 1. The highest BCUT2D eigenvalue weighted by Gasteiger charge is 2.25. The summed E-state index contributed by atoms with van der Waals surface area (Å²) in [4.78, 5) is 17.4. The van der Waals surface area contributed by atoms with E-state index in [2.05, 4.69) is 14.9 Å². The minimum Gasteiger partial charge on any atom is -0.350 e. The van der Waals surface area contributed by atoms with Crippen LogP contribution in [-0.2, 0) is 6.54 Å². The van der Waals surface area contributed by atoms with Crippen molar-refractivity contribution in [1.29, 1.82) is 0 Å². The number of aromatic nitrogens is 2. The van der Waals surface area contributed by atoms with Crippen molar-refractivity contribution in [2.45, 2.75) is 78.2 Å². The number of amides is 1. The summed E-state index contributed by atoms with van der Waals surface area (Å²) in [6.45, 7) is 5.39. The van der Waals surface area contributed by atoms with Crippen LogP contribution in [0.25, 0.3) is 11.4 Å². The van der Waals surface area contributed by atoms with Crippen LogP contribution in [0.15, 0.2) is 18.2 Å². The zero-order valence-electron chi connectivity index (χ0n) is 18.6. The smallest absolute Gasteiger partial charge is 0.271 e. The number of nitrogens with zero attached hydrogens (tertiary/aromatic N) is 2. The Morgan fingerprint density at radius 3 is 2.65 bits per heavy atom. The van der Waals surface area contributed by atoms with E-state index in [1.165, 1.54) is 32.1 Å². The lowest BCUT2D eigenvalue weighted by Crippen LogP contribution is -2.29. The average molecular weight is 452 g/mol. The van der Waals surface area contributed by atoms with Crippen LogP contribution in [0.2, 0.25) is 5.02 Å². The van der Waals surface area contributed by atoms with E-state index >= 15 is 0 Å². The van der Waals surface area contributed by atoms with Crippen molar-refractivity contribution >= 4 is 17.5 Å². The standard InChI is InChI=1S/C24H32ClF2N3O/c1-16-9-10-19(25)15-20(16)22-29-21(23(31)28-13-12-24(3,26)27)17(2)30(22)14-11-18-7-5-4-6-8-18/h9-10,15,18H,4-8,11-14H2,1-3H3,(H,28,31). The molecule has 0 atom stereocenters. The van der Waals surface area contributed by atoms with Crippen molar-refractivity contribution in [2.24, 2.45) is 5.92 Å². The zero-order valence-corrected chi connectivity index (χ0v) is 19.4. The second-order valence-electron chi connectivity index (χ2n) is 8.85. The van der Waals surface area contributed by atoms with Gasteiger partial charge in [-0.1, -0.05) is 49.8 Å². The Kier molecular flexibility index (Phi) is 7.73. The van der Waals surface area contributed by atoms with Crippen molar-refractivity contribution < 1.29 is 13.6 Å². The normalized spacial score (nSPS) is 15.3. The second-order valence-corrected chi connectivity index (χ2v) is 9.29. The van der Waals surface area contributed by atoms with Gasteiger partial charge in [-0.05, 0) is 50.8 Å². The molecule has 1 aromatic heterocycles. The van der Waals surface area contributed by atoms with E-state index in [0.717, 1.165) is 36.7 Å². The molecule has 7 heteroatoms. The van der Waals surface area contributed by atoms with Crippen molar-refractivity contribution in [3.63, 3.8) is 0 Å². The Morgan fingerprint density at radius 2 is 1.97 bits per heavy atom. The number of alkyl halides is 2. The highest BCUT2D eigenvalue weighted by molar-refractivity contribution is 6.30. The maximum atomic E-state index is 13.1. The number of rotatable bonds is 8. The molecule has 0 unspecified atom stereocenters. The lowest BCUT2D eigenvalue weighted by Gasteiger charge is -2.22. The topological polar surface area (TPSA) is 46.9 Å². The van der Waals surface area contributed by atoms with Gasteiger partial charge in [0.25, 0.3) is 5.91 Å². The van der Waals surface area contributed by atoms with Gasteiger partial charge in [0.2, 0.25) is 5.92 Å². The maximum Gasteiger partial charge on any atom is 0.271 e. The monoisotopic (exact) mass is 451 g/mol. The lowest BCUT2D eigenvalue weighted by atomic mass is 9.87. The molecule has 170 valence electrons. The van der Waals surface area contributed by atoms with Crippen LogP contribution in [0.5, 0.6) is 0 Å². The first-order chi connectivity index (χ1) is 14.7. The number of nitrogens with one attached hydrogen (secondary N) is 1. The molecule has 1 saturated carbocycles. The summed E-state index contributed by atoms with van der Waals surface area (Å²) in [5, 5.41) is 3.21. The molecule has 4 nitrogen and oxygen atoms in total. The van der Waals surface area contributed by atoms with Gasteiger partial charge in [-0.2, -0.15) is 0 Å². The van der Waals surface area contributed by atoms with E-state index in [1.54, 1.807) is 0 Å². The van der Waals surface area contributed by atoms with Gasteiger partial charge in [-0.25, -0.2) is 13.8 Å². The number of benzene rings is 1. The summed E-state index contributed by atoms with van der Waals surface area (Å²) < 4.78 is 28.3. The third-order valence-electron chi connectivity index (χ3n) is 6.21. The third kappa shape index (κ3) is 6.28. The molecule has 0 radical (unpaired) electrons. The summed E-state index contributed by atoms with van der Waals surface area (Å²) in [6.07, 6.45) is 7.00. The van der Waals surface area contributed by atoms with E-state index in [0.29, 0.717) is 16.8 Å². The van der Waals surface area contributed by atoms with Crippen LogP contribution >= 0.6 is 11.6 Å². The van der Waals surface area contributed by atoms with Crippen LogP contribution in [0, 0.1) is 19.8 Å². The number of aryl methyl sites for hydroxylation is 1. The van der Waals surface area contributed by atoms with Gasteiger partial charge in [-0.3, -0.25) is 4.79 Å². The van der Waals surface area contributed by atoms with Gasteiger partial charge in [-0.15, -0.1) is 0 Å². The quantitative estimate of drug-likeness (QED) is 0.493. The van der Waals surface area contributed by atoms with Crippen LogP contribution in [0.4, 0.5) is 8.78 Å². The first kappa shape index (κ1) is 23.7. The molecule has 0 aliphatic heterocycles. The van der Waals surface area contributed by atoms with Crippen LogP contribution in [0.1, 0.15) is 73.6 Å². The van der Waals surface area contributed by atoms with Gasteiger partial charge in [0, 0.05) is 35.8 Å². The van der Waals surface area contributed by atoms with Crippen molar-refractivity contribution in [1.82, 2.24) is 14.9 Å². The highest BCUT2D eigenvalue weighted by Crippen LogP contribution is 2.31. The van der Waals surface area contributed by atoms with Gasteiger partial charge >= 0.3 is 0 Å². The molecule has 31 heavy (non-hydrogen) atoms. The maximum absolute atomic E-state index is 13.1. The van der Waals surface area contributed by atoms with Crippen LogP contribution in [0.3, 0.4) is 0 Å². The molecular formula is C24H32ClF2N3O. The predicted molar refractivity (Wildman–Crippen MR) is 121 cm³/mol.